The molecule has 4 rings (SSSR count). The van der Waals surface area contributed by atoms with E-state index in [0.717, 1.165) is 36.6 Å². The van der Waals surface area contributed by atoms with Crippen LogP contribution in [0.15, 0.2) is 30.3 Å². The van der Waals surface area contributed by atoms with Gasteiger partial charge in [0.15, 0.2) is 5.13 Å². The van der Waals surface area contributed by atoms with Gasteiger partial charge in [-0.2, -0.15) is 0 Å². The van der Waals surface area contributed by atoms with Crippen LogP contribution < -0.4 is 5.32 Å². The van der Waals surface area contributed by atoms with E-state index in [2.05, 4.69) is 39.5 Å². The number of carbonyl (C=O) groups is 1. The summed E-state index contributed by atoms with van der Waals surface area (Å²) >= 11 is 1.51. The van der Waals surface area contributed by atoms with Gasteiger partial charge in [0.25, 0.3) is 0 Å². The van der Waals surface area contributed by atoms with E-state index in [4.69, 9.17) is 9.47 Å². The van der Waals surface area contributed by atoms with Crippen molar-refractivity contribution >= 4 is 22.4 Å². The number of nitrogens with one attached hydrogen (secondary N) is 1. The van der Waals surface area contributed by atoms with E-state index in [1.165, 1.54) is 16.9 Å². The quantitative estimate of drug-likeness (QED) is 0.872. The first-order chi connectivity index (χ1) is 12.8. The van der Waals surface area contributed by atoms with Crippen LogP contribution >= 0.6 is 11.3 Å². The highest BCUT2D eigenvalue weighted by atomic mass is 32.1. The van der Waals surface area contributed by atoms with Crippen molar-refractivity contribution in [2.45, 2.75) is 32.1 Å². The molecule has 1 saturated heterocycles. The number of nitrogens with zero attached hydrogens (tertiary/aromatic N) is 2. The van der Waals surface area contributed by atoms with Crippen LogP contribution in [0, 0.1) is 0 Å². The zero-order chi connectivity index (χ0) is 17.8. The number of fused-ring (bicyclic) bond motifs is 1. The van der Waals surface area contributed by atoms with Crippen molar-refractivity contribution in [1.29, 1.82) is 0 Å². The van der Waals surface area contributed by atoms with Crippen molar-refractivity contribution < 1.29 is 14.3 Å². The van der Waals surface area contributed by atoms with E-state index in [9.17, 15) is 4.79 Å². The zero-order valence-corrected chi connectivity index (χ0v) is 15.5. The Morgan fingerprint density at radius 2 is 2.19 bits per heavy atom. The molecule has 0 spiro atoms. The summed E-state index contributed by atoms with van der Waals surface area (Å²) in [5.41, 5.74) is 2.34. The third-order valence-electron chi connectivity index (χ3n) is 4.63. The number of carbonyl (C=O) groups excluding carboxylic acids is 1. The monoisotopic (exact) mass is 373 g/mol. The summed E-state index contributed by atoms with van der Waals surface area (Å²) in [7, 11) is 0. The SMILES string of the molecule is O=C(C[C@@H]1CN(Cc2ccccc2)CCO1)Nc1nc2c(s1)COCC2. The lowest BCUT2D eigenvalue weighted by Crippen LogP contribution is -2.43. The molecule has 0 bridgehead atoms. The molecule has 1 aromatic heterocycles. The highest BCUT2D eigenvalue weighted by Gasteiger charge is 2.24. The van der Waals surface area contributed by atoms with Gasteiger partial charge in [-0.05, 0) is 5.56 Å². The van der Waals surface area contributed by atoms with Crippen LogP contribution in [-0.2, 0) is 33.8 Å². The molecule has 2 aliphatic heterocycles. The summed E-state index contributed by atoms with van der Waals surface area (Å²) in [6.45, 7) is 4.52. The first kappa shape index (κ1) is 17.6. The van der Waals surface area contributed by atoms with Gasteiger partial charge >= 0.3 is 0 Å². The van der Waals surface area contributed by atoms with Gasteiger partial charge in [0.2, 0.25) is 5.91 Å². The Labute approximate surface area is 157 Å². The Morgan fingerprint density at radius 1 is 1.31 bits per heavy atom. The Bertz CT molecular complexity index is 726. The maximum Gasteiger partial charge on any atom is 0.228 e. The molecule has 1 aromatic carbocycles. The third-order valence-corrected chi connectivity index (χ3v) is 5.61. The Morgan fingerprint density at radius 3 is 3.04 bits per heavy atom. The van der Waals surface area contributed by atoms with Crippen LogP contribution in [0.1, 0.15) is 22.6 Å². The molecule has 1 fully saturated rings. The second kappa shape index (κ2) is 8.26. The minimum absolute atomic E-state index is 0.0384. The first-order valence-electron chi connectivity index (χ1n) is 9.00. The Balaban J connectivity index is 1.29. The number of benzene rings is 1. The molecule has 2 aliphatic rings. The van der Waals surface area contributed by atoms with Gasteiger partial charge in [-0.3, -0.25) is 9.69 Å². The topological polar surface area (TPSA) is 63.7 Å². The van der Waals surface area contributed by atoms with Gasteiger partial charge in [0, 0.05) is 26.1 Å². The Kier molecular flexibility index (Phi) is 5.59. The lowest BCUT2D eigenvalue weighted by Gasteiger charge is -2.32. The van der Waals surface area contributed by atoms with Crippen LogP contribution in [-0.4, -0.2) is 48.2 Å². The zero-order valence-electron chi connectivity index (χ0n) is 14.6. The highest BCUT2D eigenvalue weighted by Crippen LogP contribution is 2.27. The largest absolute Gasteiger partial charge is 0.375 e. The number of aromatic nitrogens is 1. The molecule has 2 aromatic rings. The van der Waals surface area contributed by atoms with E-state index in [-0.39, 0.29) is 12.0 Å². The number of ether oxygens (including phenoxy) is 2. The van der Waals surface area contributed by atoms with Crippen LogP contribution in [0.5, 0.6) is 0 Å². The molecule has 1 N–H and O–H groups in total. The van der Waals surface area contributed by atoms with Crippen molar-refractivity contribution in [2.75, 3.05) is 31.6 Å². The highest BCUT2D eigenvalue weighted by molar-refractivity contribution is 7.15. The lowest BCUT2D eigenvalue weighted by molar-refractivity contribution is -0.121. The van der Waals surface area contributed by atoms with Crippen molar-refractivity contribution in [3.8, 4) is 0 Å². The summed E-state index contributed by atoms with van der Waals surface area (Å²) in [5.74, 6) is -0.0384. The van der Waals surface area contributed by atoms with Crippen LogP contribution in [0.2, 0.25) is 0 Å². The van der Waals surface area contributed by atoms with Crippen LogP contribution in [0.25, 0.3) is 0 Å². The molecule has 0 aliphatic carbocycles. The molecule has 0 radical (unpaired) electrons. The number of amides is 1. The second-order valence-corrected chi connectivity index (χ2v) is 7.74. The van der Waals surface area contributed by atoms with Crippen molar-refractivity contribution in [2.24, 2.45) is 0 Å². The third kappa shape index (κ3) is 4.48. The molecule has 0 unspecified atom stereocenters. The number of morpholine rings is 1. The van der Waals surface area contributed by atoms with Crippen molar-refractivity contribution in [1.82, 2.24) is 9.88 Å². The lowest BCUT2D eigenvalue weighted by atomic mass is 10.1. The predicted molar refractivity (Wildman–Crippen MR) is 100 cm³/mol. The second-order valence-electron chi connectivity index (χ2n) is 6.66. The van der Waals surface area contributed by atoms with E-state index in [0.29, 0.717) is 31.4 Å². The molecule has 3 heterocycles. The van der Waals surface area contributed by atoms with Gasteiger partial charge in [-0.15, -0.1) is 0 Å². The Hall–Kier alpha value is -1.80. The molecule has 0 saturated carbocycles. The molecule has 1 amide bonds. The minimum Gasteiger partial charge on any atom is -0.375 e. The summed E-state index contributed by atoms with van der Waals surface area (Å²) in [6.07, 6.45) is 1.10. The minimum atomic E-state index is -0.0783. The summed E-state index contributed by atoms with van der Waals surface area (Å²) in [4.78, 5) is 20.4. The van der Waals surface area contributed by atoms with E-state index < -0.39 is 0 Å². The van der Waals surface area contributed by atoms with Gasteiger partial charge < -0.3 is 14.8 Å². The summed E-state index contributed by atoms with van der Waals surface area (Å²) in [6, 6.07) is 10.4. The molecule has 7 heteroatoms. The maximum atomic E-state index is 12.4. The molecule has 6 nitrogen and oxygen atoms in total. The van der Waals surface area contributed by atoms with Crippen molar-refractivity contribution in [3.05, 3.63) is 46.5 Å². The van der Waals surface area contributed by atoms with Crippen LogP contribution in [0.4, 0.5) is 5.13 Å². The molecular formula is C19H23N3O3S. The summed E-state index contributed by atoms with van der Waals surface area (Å²) < 4.78 is 11.2. The number of thiazole rings is 1. The van der Waals surface area contributed by atoms with Gasteiger partial charge in [0.05, 0.1) is 42.9 Å². The standard InChI is InChI=1S/C19H23N3O3S/c23-18(21-19-20-16-6-8-24-13-17(16)26-19)10-15-12-22(7-9-25-15)11-14-4-2-1-3-5-14/h1-5,15H,6-13H2,(H,20,21,23)/t15-/m1/s1. The summed E-state index contributed by atoms with van der Waals surface area (Å²) in [5, 5.41) is 3.59. The van der Waals surface area contributed by atoms with E-state index >= 15 is 0 Å². The number of hydrogen-bond acceptors (Lipinski definition) is 6. The van der Waals surface area contributed by atoms with Crippen LogP contribution in [0.3, 0.4) is 0 Å². The fourth-order valence-corrected chi connectivity index (χ4v) is 4.31. The predicted octanol–water partition coefficient (Wildman–Crippen LogP) is 2.45. The number of anilines is 1. The van der Waals surface area contributed by atoms with Gasteiger partial charge in [0.1, 0.15) is 0 Å². The van der Waals surface area contributed by atoms with Crippen molar-refractivity contribution in [3.63, 3.8) is 0 Å². The average molecular weight is 373 g/mol. The average Bonchev–Trinajstić information content (AvgIpc) is 3.05. The van der Waals surface area contributed by atoms with E-state index in [1.54, 1.807) is 0 Å². The number of rotatable bonds is 5. The first-order valence-corrected chi connectivity index (χ1v) is 9.82. The van der Waals surface area contributed by atoms with Gasteiger partial charge in [-0.1, -0.05) is 41.7 Å². The van der Waals surface area contributed by atoms with Gasteiger partial charge in [-0.25, -0.2) is 4.98 Å². The maximum absolute atomic E-state index is 12.4. The molecule has 1 atom stereocenters. The van der Waals surface area contributed by atoms with E-state index in [1.807, 2.05) is 6.07 Å². The fourth-order valence-electron chi connectivity index (χ4n) is 3.34. The fraction of sp³-hybridized carbons (Fsp3) is 0.474. The number of hydrogen-bond donors (Lipinski definition) is 1. The normalized spacial score (nSPS) is 20.5. The molecule has 138 valence electrons. The molecule has 26 heavy (non-hydrogen) atoms. The molecular weight excluding hydrogens is 350 g/mol. The smallest absolute Gasteiger partial charge is 0.228 e.